The Morgan fingerprint density at radius 1 is 1.07 bits per heavy atom. The number of ether oxygens (including phenoxy) is 1. The third kappa shape index (κ3) is 6.01. The molecule has 6 heteroatoms. The molecule has 0 bridgehead atoms. The summed E-state index contributed by atoms with van der Waals surface area (Å²) in [5.74, 6) is 2.72. The van der Waals surface area contributed by atoms with Gasteiger partial charge in [-0.05, 0) is 43.5 Å². The topological polar surface area (TPSA) is 74.8 Å². The maximum absolute atomic E-state index is 11.6. The van der Waals surface area contributed by atoms with Crippen LogP contribution in [-0.4, -0.2) is 32.0 Å². The van der Waals surface area contributed by atoms with Gasteiger partial charge < -0.3 is 20.7 Å². The molecule has 0 atom stereocenters. The molecule has 0 spiro atoms. The van der Waals surface area contributed by atoms with E-state index in [-0.39, 0.29) is 11.8 Å². The monoisotopic (exact) mass is 380 g/mol. The van der Waals surface area contributed by atoms with E-state index >= 15 is 0 Å². The predicted molar refractivity (Wildman–Crippen MR) is 112 cm³/mol. The van der Waals surface area contributed by atoms with Crippen LogP contribution in [0.2, 0.25) is 0 Å². The molecule has 1 aliphatic carbocycles. The fourth-order valence-corrected chi connectivity index (χ4v) is 2.77. The zero-order valence-corrected chi connectivity index (χ0v) is 16.5. The molecular weight excluding hydrogens is 352 g/mol. The fraction of sp³-hybridized carbons (Fsp3) is 0.364. The molecule has 2 aromatic carbocycles. The quantitative estimate of drug-likeness (QED) is 0.374. The Kier molecular flexibility index (Phi) is 6.89. The van der Waals surface area contributed by atoms with Gasteiger partial charge in [-0.15, -0.1) is 0 Å². The first-order valence-electron chi connectivity index (χ1n) is 9.70. The molecule has 28 heavy (non-hydrogen) atoms. The number of carbonyl (C=O) groups is 1. The van der Waals surface area contributed by atoms with Crippen molar-refractivity contribution >= 4 is 11.9 Å². The molecule has 1 fully saturated rings. The Labute approximate surface area is 166 Å². The maximum atomic E-state index is 11.6. The molecule has 6 nitrogen and oxygen atoms in total. The molecular formula is C22H28N4O2. The molecule has 0 saturated heterocycles. The smallest absolute Gasteiger partial charge is 0.223 e. The highest BCUT2D eigenvalue weighted by Crippen LogP contribution is 2.28. The lowest BCUT2D eigenvalue weighted by Gasteiger charge is -2.15. The van der Waals surface area contributed by atoms with Crippen molar-refractivity contribution in [2.24, 2.45) is 10.9 Å². The van der Waals surface area contributed by atoms with E-state index in [1.165, 1.54) is 0 Å². The molecule has 1 aliphatic rings. The van der Waals surface area contributed by atoms with Gasteiger partial charge in [0.2, 0.25) is 5.91 Å². The van der Waals surface area contributed by atoms with Crippen molar-refractivity contribution in [2.75, 3.05) is 20.1 Å². The number of para-hydroxylation sites is 1. The number of guanidine groups is 1. The van der Waals surface area contributed by atoms with E-state index in [2.05, 4.69) is 33.1 Å². The first-order chi connectivity index (χ1) is 13.7. The summed E-state index contributed by atoms with van der Waals surface area (Å²) in [4.78, 5) is 15.9. The number of aryl methyl sites for hydroxylation is 1. The molecule has 0 aromatic heterocycles. The van der Waals surface area contributed by atoms with Crippen LogP contribution in [-0.2, 0) is 11.3 Å². The number of benzene rings is 2. The summed E-state index contributed by atoms with van der Waals surface area (Å²) in [6, 6.07) is 15.9. The number of hydrogen-bond acceptors (Lipinski definition) is 3. The van der Waals surface area contributed by atoms with Crippen molar-refractivity contribution in [2.45, 2.75) is 26.3 Å². The summed E-state index contributed by atoms with van der Waals surface area (Å²) in [6.07, 6.45) is 2.04. The van der Waals surface area contributed by atoms with Crippen LogP contribution in [0, 0.1) is 12.8 Å². The van der Waals surface area contributed by atoms with Crippen LogP contribution in [0.1, 0.15) is 24.0 Å². The van der Waals surface area contributed by atoms with Gasteiger partial charge >= 0.3 is 0 Å². The lowest BCUT2D eigenvalue weighted by Crippen LogP contribution is -2.41. The summed E-state index contributed by atoms with van der Waals surface area (Å²) in [7, 11) is 1.73. The van der Waals surface area contributed by atoms with Gasteiger partial charge in [0.15, 0.2) is 5.96 Å². The summed E-state index contributed by atoms with van der Waals surface area (Å²) in [5.41, 5.74) is 2.18. The van der Waals surface area contributed by atoms with E-state index in [0.29, 0.717) is 25.6 Å². The largest absolute Gasteiger partial charge is 0.457 e. The first kappa shape index (κ1) is 19.7. The molecule has 0 aliphatic heterocycles. The molecule has 0 heterocycles. The number of hydrogen-bond donors (Lipinski definition) is 3. The minimum Gasteiger partial charge on any atom is -0.457 e. The highest BCUT2D eigenvalue weighted by Gasteiger charge is 2.28. The summed E-state index contributed by atoms with van der Waals surface area (Å²) < 4.78 is 6.06. The van der Waals surface area contributed by atoms with Gasteiger partial charge in [-0.1, -0.05) is 30.3 Å². The molecule has 3 rings (SSSR count). The molecule has 1 amide bonds. The predicted octanol–water partition coefficient (Wildman–Crippen LogP) is 2.98. The second-order valence-electron chi connectivity index (χ2n) is 6.94. The van der Waals surface area contributed by atoms with E-state index in [1.807, 2.05) is 43.3 Å². The number of rotatable bonds is 8. The molecule has 0 unspecified atom stereocenters. The zero-order chi connectivity index (χ0) is 19.8. The van der Waals surface area contributed by atoms with Crippen LogP contribution in [0.5, 0.6) is 11.5 Å². The van der Waals surface area contributed by atoms with Crippen molar-refractivity contribution in [3.05, 3.63) is 59.7 Å². The van der Waals surface area contributed by atoms with E-state index in [0.717, 1.165) is 35.5 Å². The lowest BCUT2D eigenvalue weighted by molar-refractivity contribution is -0.122. The Balaban J connectivity index is 1.51. The number of amides is 1. The second kappa shape index (κ2) is 9.78. The summed E-state index contributed by atoms with van der Waals surface area (Å²) in [5, 5.41) is 9.46. The van der Waals surface area contributed by atoms with Gasteiger partial charge in [-0.3, -0.25) is 9.79 Å². The first-order valence-corrected chi connectivity index (χ1v) is 9.70. The van der Waals surface area contributed by atoms with Crippen molar-refractivity contribution in [3.63, 3.8) is 0 Å². The standard InChI is InChI=1S/C22H28N4O2/c1-16-8-9-18(20(14-16)28-19-6-4-3-5-7-19)15-26-22(23-2)25-13-12-24-21(27)17-10-11-17/h3-9,14,17H,10-13,15H2,1-2H3,(H,24,27)(H2,23,25,26). The van der Waals surface area contributed by atoms with Gasteiger partial charge in [0.05, 0.1) is 0 Å². The Hall–Kier alpha value is -3.02. The third-order valence-corrected chi connectivity index (χ3v) is 4.53. The zero-order valence-electron chi connectivity index (χ0n) is 16.5. The highest BCUT2D eigenvalue weighted by molar-refractivity contribution is 5.81. The Morgan fingerprint density at radius 2 is 1.82 bits per heavy atom. The minimum atomic E-state index is 0.159. The van der Waals surface area contributed by atoms with Gasteiger partial charge in [0.1, 0.15) is 11.5 Å². The fourth-order valence-electron chi connectivity index (χ4n) is 2.77. The van der Waals surface area contributed by atoms with Crippen molar-refractivity contribution in [1.29, 1.82) is 0 Å². The van der Waals surface area contributed by atoms with E-state index in [4.69, 9.17) is 4.74 Å². The molecule has 3 N–H and O–H groups in total. The van der Waals surface area contributed by atoms with E-state index in [1.54, 1.807) is 7.05 Å². The number of carbonyl (C=O) groups excluding carboxylic acids is 1. The Bertz CT molecular complexity index is 817. The van der Waals surface area contributed by atoms with Gasteiger partial charge in [0, 0.05) is 38.2 Å². The number of nitrogens with zero attached hydrogens (tertiary/aromatic N) is 1. The molecule has 148 valence electrons. The van der Waals surface area contributed by atoms with Crippen molar-refractivity contribution < 1.29 is 9.53 Å². The number of nitrogens with one attached hydrogen (secondary N) is 3. The van der Waals surface area contributed by atoms with E-state index < -0.39 is 0 Å². The van der Waals surface area contributed by atoms with Crippen LogP contribution in [0.4, 0.5) is 0 Å². The Morgan fingerprint density at radius 3 is 2.54 bits per heavy atom. The maximum Gasteiger partial charge on any atom is 0.223 e. The summed E-state index contributed by atoms with van der Waals surface area (Å²) in [6.45, 7) is 3.84. The highest BCUT2D eigenvalue weighted by atomic mass is 16.5. The van der Waals surface area contributed by atoms with Gasteiger partial charge in [-0.25, -0.2) is 0 Å². The third-order valence-electron chi connectivity index (χ3n) is 4.53. The van der Waals surface area contributed by atoms with Gasteiger partial charge in [0.25, 0.3) is 0 Å². The van der Waals surface area contributed by atoms with Crippen LogP contribution in [0.25, 0.3) is 0 Å². The van der Waals surface area contributed by atoms with Crippen molar-refractivity contribution in [1.82, 2.24) is 16.0 Å². The van der Waals surface area contributed by atoms with E-state index in [9.17, 15) is 4.79 Å². The van der Waals surface area contributed by atoms with Crippen LogP contribution < -0.4 is 20.7 Å². The molecule has 1 saturated carbocycles. The SMILES string of the molecule is CN=C(NCCNC(=O)C1CC1)NCc1ccc(C)cc1Oc1ccccc1. The average molecular weight is 380 g/mol. The minimum absolute atomic E-state index is 0.159. The van der Waals surface area contributed by atoms with Crippen LogP contribution in [0.3, 0.4) is 0 Å². The normalized spacial score (nSPS) is 13.7. The number of aliphatic imine (C=N–C) groups is 1. The second-order valence-corrected chi connectivity index (χ2v) is 6.94. The van der Waals surface area contributed by atoms with Crippen LogP contribution >= 0.6 is 0 Å². The molecule has 0 radical (unpaired) electrons. The van der Waals surface area contributed by atoms with Crippen molar-refractivity contribution in [3.8, 4) is 11.5 Å². The molecule has 2 aromatic rings. The van der Waals surface area contributed by atoms with Crippen LogP contribution in [0.15, 0.2) is 53.5 Å². The average Bonchev–Trinajstić information content (AvgIpc) is 3.55. The lowest BCUT2D eigenvalue weighted by atomic mass is 10.1. The van der Waals surface area contributed by atoms with Gasteiger partial charge in [-0.2, -0.15) is 0 Å². The summed E-state index contributed by atoms with van der Waals surface area (Å²) >= 11 is 0.